The average molecular weight is 407 g/mol. The van der Waals surface area contributed by atoms with Gasteiger partial charge in [-0.2, -0.15) is 0 Å². The van der Waals surface area contributed by atoms with E-state index < -0.39 is 21.8 Å². The first-order valence-electron chi connectivity index (χ1n) is 4.95. The first-order valence-corrected chi connectivity index (χ1v) is 5.48. The van der Waals surface area contributed by atoms with E-state index in [1.54, 1.807) is 0 Å². The maximum atomic E-state index is 9.75. The molecule has 0 fully saturated rings. The number of hydrogen-bond donors (Lipinski definition) is 0. The number of alkyl halides is 1. The molecule has 22 heavy (non-hydrogen) atoms. The summed E-state index contributed by atoms with van der Waals surface area (Å²) in [6, 6.07) is 0. The number of hydrogen-bond acceptors (Lipinski definition) is 0. The van der Waals surface area contributed by atoms with Crippen molar-refractivity contribution in [2.75, 3.05) is 5.88 Å². The van der Waals surface area contributed by atoms with Gasteiger partial charge in [-0.15, -0.1) is 11.6 Å². The summed E-state index contributed by atoms with van der Waals surface area (Å²) in [4.78, 5) is 0. The van der Waals surface area contributed by atoms with Gasteiger partial charge in [0.25, 0.3) is 0 Å². The predicted octanol–water partition coefficient (Wildman–Crippen LogP) is 3.29. The van der Waals surface area contributed by atoms with Gasteiger partial charge in [-0.1, -0.05) is 13.8 Å². The molecule has 0 N–H and O–H groups in total. The second-order valence-corrected chi connectivity index (χ2v) is 3.73. The first-order chi connectivity index (χ1) is 8.77. The molecule has 0 heterocycles. The molecule has 0 bridgehead atoms. The smallest absolute Gasteiger partial charge is 1.00 e. The summed E-state index contributed by atoms with van der Waals surface area (Å²) in [6.07, 6.45) is 1.14. The van der Waals surface area contributed by atoms with Crippen LogP contribution >= 0.6 is 11.6 Å². The van der Waals surface area contributed by atoms with E-state index in [2.05, 4.69) is 13.8 Å². The monoisotopic (exact) mass is 407 g/mol. The van der Waals surface area contributed by atoms with Crippen LogP contribution in [0.4, 0.5) is 51.8 Å². The van der Waals surface area contributed by atoms with Crippen LogP contribution in [-0.4, -0.2) is 27.6 Å². The van der Waals surface area contributed by atoms with Crippen LogP contribution in [0.5, 0.6) is 0 Å². The number of rotatable bonds is 2. The molecule has 0 aromatic carbocycles. The minimum Gasteiger partial charge on any atom is -1.00 e. The second kappa shape index (κ2) is 17.1. The Kier molecular flexibility index (Phi) is 26.9. The van der Waals surface area contributed by atoms with E-state index in [1.165, 1.54) is 0 Å². The van der Waals surface area contributed by atoms with Crippen molar-refractivity contribution in [1.29, 1.82) is 0 Å². The van der Waals surface area contributed by atoms with Crippen LogP contribution in [-0.2, 0) is 0 Å². The molecule has 0 aliphatic carbocycles. The first kappa shape index (κ1) is 34.6. The minimum atomic E-state index is -6.00. The topological polar surface area (TPSA) is 0 Å². The van der Waals surface area contributed by atoms with Crippen LogP contribution in [0.25, 0.3) is 0 Å². The molecule has 0 aliphatic rings. The Morgan fingerprint density at radius 3 is 0.818 bits per heavy atom. The minimum absolute atomic E-state index is 0. The zero-order chi connectivity index (χ0) is 18.5. The van der Waals surface area contributed by atoms with Gasteiger partial charge in [-0.05, 0) is 12.3 Å². The molecule has 0 atom stereocenters. The van der Waals surface area contributed by atoms with Gasteiger partial charge in [0, 0.05) is 5.88 Å². The standard InChI is InChI=1S/C5H11Cl.3BF4.K.H/c1-5(2)3-4-6;3*2-1(3,4)5;;/h5H,3-4H2,1-2H3;;;;;/q;3*-1;+1;-1. The molecule has 136 valence electrons. The van der Waals surface area contributed by atoms with Crippen LogP contribution in [0.2, 0.25) is 0 Å². The normalized spacial score (nSPS) is 10.9. The van der Waals surface area contributed by atoms with E-state index in [0.29, 0.717) is 0 Å². The fraction of sp³-hybridized carbons (Fsp3) is 1.00. The molecule has 17 heteroatoms. The van der Waals surface area contributed by atoms with Crippen LogP contribution < -0.4 is 51.4 Å². The van der Waals surface area contributed by atoms with Crippen LogP contribution in [0.15, 0.2) is 0 Å². The van der Waals surface area contributed by atoms with E-state index in [1.807, 2.05) is 0 Å². The zero-order valence-corrected chi connectivity index (χ0v) is 15.5. The molecule has 0 saturated heterocycles. The van der Waals surface area contributed by atoms with Crippen molar-refractivity contribution >= 4 is 33.4 Å². The van der Waals surface area contributed by atoms with Crippen molar-refractivity contribution in [3.05, 3.63) is 0 Å². The largest absolute Gasteiger partial charge is 1.00 e. The van der Waals surface area contributed by atoms with Crippen molar-refractivity contribution in [1.82, 2.24) is 0 Å². The van der Waals surface area contributed by atoms with Crippen molar-refractivity contribution in [2.24, 2.45) is 5.92 Å². The molecule has 0 aromatic heterocycles. The van der Waals surface area contributed by atoms with E-state index in [-0.39, 0.29) is 52.8 Å². The summed E-state index contributed by atoms with van der Waals surface area (Å²) in [7, 11) is -18.0. The molecule has 0 aliphatic heterocycles. The van der Waals surface area contributed by atoms with Crippen molar-refractivity contribution < 1.29 is 105 Å². The fourth-order valence-electron chi connectivity index (χ4n) is 0.218. The van der Waals surface area contributed by atoms with Crippen LogP contribution in [0, 0.1) is 5.92 Å². The van der Waals surface area contributed by atoms with Gasteiger partial charge in [0.05, 0.1) is 0 Å². The summed E-state index contributed by atoms with van der Waals surface area (Å²) >= 11 is 5.40. The van der Waals surface area contributed by atoms with E-state index in [0.717, 1.165) is 18.2 Å². The van der Waals surface area contributed by atoms with Gasteiger partial charge >= 0.3 is 73.1 Å². The number of halogens is 13. The summed E-state index contributed by atoms with van der Waals surface area (Å²) < 4.78 is 117. The molecular weight excluding hydrogens is 395 g/mol. The Labute approximate surface area is 168 Å². The SMILES string of the molecule is CC(C)CCCl.F[B-](F)(F)F.F[B-](F)(F)F.F[B-](F)(F)F.[H-].[K+]. The Balaban J connectivity index is -0.0000000408. The van der Waals surface area contributed by atoms with Crippen molar-refractivity contribution in [3.63, 3.8) is 0 Å². The summed E-state index contributed by atoms with van der Waals surface area (Å²) in [6.45, 7) is 4.34. The van der Waals surface area contributed by atoms with Crippen molar-refractivity contribution in [2.45, 2.75) is 20.3 Å². The van der Waals surface area contributed by atoms with Gasteiger partial charge in [-0.25, -0.2) is 0 Å². The molecule has 0 rings (SSSR count). The van der Waals surface area contributed by atoms with Crippen molar-refractivity contribution in [3.8, 4) is 0 Å². The van der Waals surface area contributed by atoms with Crippen LogP contribution in [0.1, 0.15) is 21.7 Å². The second-order valence-electron chi connectivity index (χ2n) is 3.36. The van der Waals surface area contributed by atoms with Gasteiger partial charge in [0.1, 0.15) is 0 Å². The third-order valence-corrected chi connectivity index (χ3v) is 0.905. The van der Waals surface area contributed by atoms with Gasteiger partial charge in [0.2, 0.25) is 0 Å². The Morgan fingerprint density at radius 1 is 0.682 bits per heavy atom. The molecular formula is C5H12B3ClF12K-3. The zero-order valence-electron chi connectivity index (χ0n) is 12.6. The quantitative estimate of drug-likeness (QED) is 0.375. The van der Waals surface area contributed by atoms with E-state index in [9.17, 15) is 51.8 Å². The third kappa shape index (κ3) is 478. The predicted molar refractivity (Wildman–Crippen MR) is 61.8 cm³/mol. The molecule has 0 unspecified atom stereocenters. The summed E-state index contributed by atoms with van der Waals surface area (Å²) in [5.41, 5.74) is 0. The summed E-state index contributed by atoms with van der Waals surface area (Å²) in [5, 5.41) is 0. The van der Waals surface area contributed by atoms with E-state index >= 15 is 0 Å². The molecule has 0 radical (unpaired) electrons. The molecule has 0 saturated carbocycles. The molecule has 0 aromatic rings. The van der Waals surface area contributed by atoms with Gasteiger partial charge in [-0.3, -0.25) is 0 Å². The average Bonchev–Trinajstić information content (AvgIpc) is 1.91. The molecule has 0 spiro atoms. The van der Waals surface area contributed by atoms with Crippen LogP contribution in [0.3, 0.4) is 0 Å². The van der Waals surface area contributed by atoms with E-state index in [4.69, 9.17) is 11.6 Å². The maximum Gasteiger partial charge on any atom is 1.00 e. The molecule has 0 amide bonds. The van der Waals surface area contributed by atoms with Gasteiger partial charge in [0.15, 0.2) is 0 Å². The Morgan fingerprint density at radius 2 is 0.818 bits per heavy atom. The fourth-order valence-corrected chi connectivity index (χ4v) is 0.655. The molecule has 0 nitrogen and oxygen atoms in total. The summed E-state index contributed by atoms with van der Waals surface area (Å²) in [5.74, 6) is 1.57. The maximum absolute atomic E-state index is 9.75. The van der Waals surface area contributed by atoms with Gasteiger partial charge < -0.3 is 53.2 Å². The Hall–Kier alpha value is 1.28. The Bertz CT molecular complexity index is 176. The third-order valence-electron chi connectivity index (χ3n) is 0.686.